The Hall–Kier alpha value is -2.83. The van der Waals surface area contributed by atoms with Gasteiger partial charge in [0, 0.05) is 31.2 Å². The molecule has 136 valence electrons. The van der Waals surface area contributed by atoms with Gasteiger partial charge in [-0.3, -0.25) is 0 Å². The van der Waals surface area contributed by atoms with Gasteiger partial charge in [-0.05, 0) is 54.8 Å². The van der Waals surface area contributed by atoms with Gasteiger partial charge in [-0.15, -0.1) is 0 Å². The molecule has 1 aromatic carbocycles. The number of piperidine rings is 1. The number of hydrogen-bond donors (Lipinski definition) is 1. The fraction of sp³-hybridized carbons (Fsp3) is 0.368. The third-order valence-electron chi connectivity index (χ3n) is 5.14. The van der Waals surface area contributed by atoms with E-state index in [1.54, 1.807) is 12.3 Å². The number of anilines is 1. The first kappa shape index (κ1) is 16.6. The fourth-order valence-electron chi connectivity index (χ4n) is 3.66. The predicted octanol–water partition coefficient (Wildman–Crippen LogP) is 3.14. The Morgan fingerprint density at radius 2 is 2.08 bits per heavy atom. The quantitative estimate of drug-likeness (QED) is 0.777. The molecule has 6 nitrogen and oxygen atoms in total. The molecule has 0 unspecified atom stereocenters. The van der Waals surface area contributed by atoms with Crippen molar-refractivity contribution in [2.75, 3.05) is 18.0 Å². The number of nitrogens with zero attached hydrogens (tertiary/aromatic N) is 3. The maximum absolute atomic E-state index is 13.4. The zero-order valence-corrected chi connectivity index (χ0v) is 14.3. The van der Waals surface area contributed by atoms with E-state index in [1.807, 2.05) is 6.07 Å². The molecule has 0 atom stereocenters. The largest absolute Gasteiger partial charge is 0.492 e. The van der Waals surface area contributed by atoms with Gasteiger partial charge < -0.3 is 14.4 Å². The lowest BCUT2D eigenvalue weighted by atomic mass is 9.93. The third kappa shape index (κ3) is 3.16. The number of fused-ring (bicyclic) bond motifs is 1. The molecule has 7 heteroatoms. The van der Waals surface area contributed by atoms with Crippen molar-refractivity contribution in [3.63, 3.8) is 0 Å². The highest BCUT2D eigenvalue weighted by Crippen LogP contribution is 2.30. The molecule has 3 aromatic rings. The summed E-state index contributed by atoms with van der Waals surface area (Å²) in [5.41, 5.74) is 0. The Bertz CT molecular complexity index is 974. The van der Waals surface area contributed by atoms with Crippen LogP contribution in [-0.2, 0) is 6.54 Å². The molecule has 26 heavy (non-hydrogen) atoms. The number of rotatable bonds is 4. The van der Waals surface area contributed by atoms with E-state index < -0.39 is 5.76 Å². The molecule has 0 aliphatic carbocycles. The molecule has 0 spiro atoms. The molecule has 1 aliphatic rings. The molecule has 0 amide bonds. The Kier molecular flexibility index (Phi) is 4.36. The smallest absolute Gasteiger partial charge is 0.421 e. The van der Waals surface area contributed by atoms with Crippen molar-refractivity contribution >= 4 is 16.6 Å². The van der Waals surface area contributed by atoms with Crippen LogP contribution < -0.4 is 10.7 Å². The lowest BCUT2D eigenvalue weighted by molar-refractivity contribution is 0.338. The highest BCUT2D eigenvalue weighted by atomic mass is 19.1. The minimum Gasteiger partial charge on any atom is -0.492 e. The van der Waals surface area contributed by atoms with Crippen molar-refractivity contribution in [2.24, 2.45) is 5.92 Å². The van der Waals surface area contributed by atoms with Gasteiger partial charge in [0.1, 0.15) is 11.6 Å². The molecule has 0 bridgehead atoms. The van der Waals surface area contributed by atoms with Gasteiger partial charge in [-0.25, -0.2) is 18.7 Å². The molecular formula is C19H20FN3O3. The van der Waals surface area contributed by atoms with Crippen LogP contribution in [0, 0.1) is 11.7 Å². The first-order chi connectivity index (χ1) is 12.6. The van der Waals surface area contributed by atoms with E-state index in [9.17, 15) is 14.3 Å². The lowest BCUT2D eigenvalue weighted by Crippen LogP contribution is -2.34. The van der Waals surface area contributed by atoms with Crippen molar-refractivity contribution in [1.29, 1.82) is 0 Å². The molecule has 3 heterocycles. The molecule has 1 N–H and O–H groups in total. The Morgan fingerprint density at radius 1 is 1.27 bits per heavy atom. The van der Waals surface area contributed by atoms with Crippen molar-refractivity contribution in [2.45, 2.75) is 25.8 Å². The monoisotopic (exact) mass is 357 g/mol. The van der Waals surface area contributed by atoms with Gasteiger partial charge in [0.05, 0.1) is 0 Å². The molecule has 1 saturated heterocycles. The second-order valence-corrected chi connectivity index (χ2v) is 6.73. The summed E-state index contributed by atoms with van der Waals surface area (Å²) >= 11 is 0. The summed E-state index contributed by atoms with van der Waals surface area (Å²) in [7, 11) is 0. The summed E-state index contributed by atoms with van der Waals surface area (Å²) in [6, 6.07) is 6.61. The zero-order valence-electron chi connectivity index (χ0n) is 14.3. The van der Waals surface area contributed by atoms with Crippen LogP contribution in [0.25, 0.3) is 10.8 Å². The number of aromatic hydroxyl groups is 1. The van der Waals surface area contributed by atoms with Crippen LogP contribution in [-0.4, -0.2) is 27.7 Å². The molecule has 1 aliphatic heterocycles. The lowest BCUT2D eigenvalue weighted by Gasteiger charge is -2.33. The SMILES string of the molecule is O=c1occ(O)n1CCC1CCN(c2nccc3cc(F)ccc23)CC1. The van der Waals surface area contributed by atoms with E-state index in [0.29, 0.717) is 12.5 Å². The number of benzene rings is 1. The van der Waals surface area contributed by atoms with Crippen LogP contribution in [0.15, 0.2) is 45.9 Å². The average Bonchev–Trinajstić information content (AvgIpc) is 2.97. The zero-order chi connectivity index (χ0) is 18.1. The van der Waals surface area contributed by atoms with Crippen LogP contribution in [0.2, 0.25) is 0 Å². The second kappa shape index (κ2) is 6.82. The van der Waals surface area contributed by atoms with E-state index in [4.69, 9.17) is 0 Å². The number of oxazole rings is 1. The predicted molar refractivity (Wildman–Crippen MR) is 95.9 cm³/mol. The van der Waals surface area contributed by atoms with E-state index >= 15 is 0 Å². The maximum atomic E-state index is 13.4. The maximum Gasteiger partial charge on any atom is 0.421 e. The molecule has 2 aromatic heterocycles. The van der Waals surface area contributed by atoms with E-state index in [0.717, 1.165) is 55.2 Å². The fourth-order valence-corrected chi connectivity index (χ4v) is 3.66. The second-order valence-electron chi connectivity index (χ2n) is 6.73. The number of halogens is 1. The Labute approximate surface area is 149 Å². The summed E-state index contributed by atoms with van der Waals surface area (Å²) in [6.45, 7) is 2.18. The van der Waals surface area contributed by atoms with Crippen molar-refractivity contribution < 1.29 is 13.9 Å². The van der Waals surface area contributed by atoms with Gasteiger partial charge >= 0.3 is 5.76 Å². The third-order valence-corrected chi connectivity index (χ3v) is 5.14. The van der Waals surface area contributed by atoms with Crippen molar-refractivity contribution in [1.82, 2.24) is 9.55 Å². The van der Waals surface area contributed by atoms with Crippen LogP contribution in [0.5, 0.6) is 5.88 Å². The van der Waals surface area contributed by atoms with E-state index in [2.05, 4.69) is 14.3 Å². The minimum atomic E-state index is -0.521. The summed E-state index contributed by atoms with van der Waals surface area (Å²) in [5, 5.41) is 11.4. The molecule has 0 saturated carbocycles. The van der Waals surface area contributed by atoms with Crippen LogP contribution in [0.1, 0.15) is 19.3 Å². The molecule has 4 rings (SSSR count). The highest BCUT2D eigenvalue weighted by Gasteiger charge is 2.22. The minimum absolute atomic E-state index is 0.125. The summed E-state index contributed by atoms with van der Waals surface area (Å²) in [4.78, 5) is 18.2. The van der Waals surface area contributed by atoms with Gasteiger partial charge in [-0.1, -0.05) is 0 Å². The van der Waals surface area contributed by atoms with Gasteiger partial charge in [0.15, 0.2) is 6.26 Å². The van der Waals surface area contributed by atoms with Crippen molar-refractivity contribution in [3.05, 3.63) is 53.1 Å². The molecule has 0 radical (unpaired) electrons. The van der Waals surface area contributed by atoms with Gasteiger partial charge in [-0.2, -0.15) is 0 Å². The summed E-state index contributed by atoms with van der Waals surface area (Å²) in [6.07, 6.45) is 5.56. The summed E-state index contributed by atoms with van der Waals surface area (Å²) < 4.78 is 19.4. The van der Waals surface area contributed by atoms with Gasteiger partial charge in [0.2, 0.25) is 5.88 Å². The normalized spacial score (nSPS) is 15.7. The molecule has 1 fully saturated rings. The van der Waals surface area contributed by atoms with Gasteiger partial charge in [0.25, 0.3) is 0 Å². The number of hydrogen-bond acceptors (Lipinski definition) is 5. The number of aromatic nitrogens is 2. The van der Waals surface area contributed by atoms with Crippen molar-refractivity contribution in [3.8, 4) is 5.88 Å². The first-order valence-corrected chi connectivity index (χ1v) is 8.78. The first-order valence-electron chi connectivity index (χ1n) is 8.78. The van der Waals surface area contributed by atoms with E-state index in [-0.39, 0.29) is 11.7 Å². The topological polar surface area (TPSA) is 71.5 Å². The standard InChI is InChI=1S/C19H20FN3O3/c20-15-1-2-16-14(11-15)3-7-21-18(16)22-8-4-13(5-9-22)6-10-23-17(24)12-26-19(23)25/h1-3,7,11-13,24H,4-6,8-10H2. The van der Waals surface area contributed by atoms with Crippen LogP contribution in [0.3, 0.4) is 0 Å². The molecular weight excluding hydrogens is 337 g/mol. The van der Waals surface area contributed by atoms with E-state index in [1.165, 1.54) is 16.7 Å². The van der Waals surface area contributed by atoms with Crippen LogP contribution >= 0.6 is 0 Å². The summed E-state index contributed by atoms with van der Waals surface area (Å²) in [5.74, 6) is 0.474. The Morgan fingerprint density at radius 3 is 2.81 bits per heavy atom. The van der Waals surface area contributed by atoms with Crippen LogP contribution in [0.4, 0.5) is 10.2 Å². The Balaban J connectivity index is 1.42. The average molecular weight is 357 g/mol. The highest BCUT2D eigenvalue weighted by molar-refractivity contribution is 5.92. The number of pyridine rings is 1.